The molecule has 5 heteroatoms. The maximum atomic E-state index is 12.6. The van der Waals surface area contributed by atoms with E-state index in [9.17, 15) is 9.90 Å². The predicted molar refractivity (Wildman–Crippen MR) is 108 cm³/mol. The maximum absolute atomic E-state index is 12.6. The van der Waals surface area contributed by atoms with Gasteiger partial charge in [0.05, 0.1) is 31.0 Å². The molecule has 1 amide bonds. The third kappa shape index (κ3) is 3.15. The standard InChI is InChI=1S/C23H19N3O2/c1-15-9-16(7-8-18(15)14-27)19-10-22-21(25-12-19)11-23(28)26(22)13-17-5-3-4-6-20(17)24-2/h3-10,12,27H,11,13-14H2,1H3. The second-order valence-electron chi connectivity index (χ2n) is 6.89. The lowest BCUT2D eigenvalue weighted by molar-refractivity contribution is -0.117. The number of aliphatic hydroxyl groups excluding tert-OH is 1. The molecule has 138 valence electrons. The maximum Gasteiger partial charge on any atom is 0.233 e. The molecule has 0 aliphatic carbocycles. The van der Waals surface area contributed by atoms with E-state index < -0.39 is 0 Å². The number of pyridine rings is 1. The van der Waals surface area contributed by atoms with E-state index in [1.807, 2.05) is 49.4 Å². The molecular weight excluding hydrogens is 350 g/mol. The van der Waals surface area contributed by atoms with Gasteiger partial charge in [0.15, 0.2) is 5.69 Å². The molecule has 0 saturated heterocycles. The Morgan fingerprint density at radius 1 is 1.14 bits per heavy atom. The lowest BCUT2D eigenvalue weighted by Crippen LogP contribution is -2.26. The van der Waals surface area contributed by atoms with Gasteiger partial charge in [-0.05, 0) is 35.2 Å². The number of anilines is 1. The number of rotatable bonds is 4. The highest BCUT2D eigenvalue weighted by molar-refractivity contribution is 6.01. The highest BCUT2D eigenvalue weighted by Crippen LogP contribution is 2.34. The number of nitrogens with zero attached hydrogens (tertiary/aromatic N) is 3. The number of aromatic nitrogens is 1. The summed E-state index contributed by atoms with van der Waals surface area (Å²) in [6.45, 7) is 9.68. The number of para-hydroxylation sites is 1. The summed E-state index contributed by atoms with van der Waals surface area (Å²) < 4.78 is 0. The van der Waals surface area contributed by atoms with Crippen LogP contribution in [0, 0.1) is 13.5 Å². The van der Waals surface area contributed by atoms with Crippen molar-refractivity contribution in [2.75, 3.05) is 4.90 Å². The van der Waals surface area contributed by atoms with E-state index in [1.165, 1.54) is 0 Å². The molecule has 1 aliphatic heterocycles. The van der Waals surface area contributed by atoms with Crippen molar-refractivity contribution in [2.45, 2.75) is 26.5 Å². The van der Waals surface area contributed by atoms with Gasteiger partial charge >= 0.3 is 0 Å². The third-order valence-electron chi connectivity index (χ3n) is 5.14. The van der Waals surface area contributed by atoms with E-state index in [1.54, 1.807) is 17.2 Å². The summed E-state index contributed by atoms with van der Waals surface area (Å²) in [5.41, 5.74) is 6.76. The summed E-state index contributed by atoms with van der Waals surface area (Å²) in [7, 11) is 0. The Morgan fingerprint density at radius 2 is 1.96 bits per heavy atom. The molecule has 0 fully saturated rings. The van der Waals surface area contributed by atoms with Gasteiger partial charge in [-0.2, -0.15) is 0 Å². The second kappa shape index (κ2) is 7.26. The van der Waals surface area contributed by atoms with E-state index in [0.29, 0.717) is 12.2 Å². The normalized spacial score (nSPS) is 12.8. The van der Waals surface area contributed by atoms with Crippen LogP contribution in [0.3, 0.4) is 0 Å². The van der Waals surface area contributed by atoms with Gasteiger partial charge in [0.1, 0.15) is 0 Å². The van der Waals surface area contributed by atoms with Crippen LogP contribution < -0.4 is 4.90 Å². The van der Waals surface area contributed by atoms with Crippen molar-refractivity contribution in [3.63, 3.8) is 0 Å². The van der Waals surface area contributed by atoms with E-state index in [2.05, 4.69) is 9.83 Å². The Kier molecular flexibility index (Phi) is 4.64. The number of fused-ring (bicyclic) bond motifs is 1. The Labute approximate surface area is 163 Å². The number of carbonyl (C=O) groups is 1. The van der Waals surface area contributed by atoms with Crippen LogP contribution >= 0.6 is 0 Å². The first-order valence-corrected chi connectivity index (χ1v) is 9.06. The summed E-state index contributed by atoms with van der Waals surface area (Å²) in [5, 5.41) is 9.38. The zero-order valence-corrected chi connectivity index (χ0v) is 15.5. The SMILES string of the molecule is [C-]#[N+]c1ccccc1CN1C(=O)Cc2ncc(-c3ccc(CO)c(C)c3)cc21. The number of hydrogen-bond donors (Lipinski definition) is 1. The van der Waals surface area contributed by atoms with Crippen molar-refractivity contribution in [1.29, 1.82) is 0 Å². The molecule has 0 spiro atoms. The smallest absolute Gasteiger partial charge is 0.233 e. The summed E-state index contributed by atoms with van der Waals surface area (Å²) >= 11 is 0. The molecule has 0 unspecified atom stereocenters. The quantitative estimate of drug-likeness (QED) is 0.702. The lowest BCUT2D eigenvalue weighted by Gasteiger charge is -2.19. The minimum absolute atomic E-state index is 0.00811. The molecule has 0 saturated carbocycles. The molecule has 0 atom stereocenters. The number of benzene rings is 2. The molecule has 1 aliphatic rings. The van der Waals surface area contributed by atoms with Gasteiger partial charge in [-0.3, -0.25) is 9.78 Å². The number of carbonyl (C=O) groups excluding carboxylic acids is 1. The molecule has 2 heterocycles. The number of aryl methyl sites for hydroxylation is 1. The first-order valence-electron chi connectivity index (χ1n) is 9.06. The second-order valence-corrected chi connectivity index (χ2v) is 6.89. The van der Waals surface area contributed by atoms with Crippen LogP contribution in [0.15, 0.2) is 54.7 Å². The molecule has 0 bridgehead atoms. The van der Waals surface area contributed by atoms with Crippen molar-refractivity contribution in [1.82, 2.24) is 4.98 Å². The Hall–Kier alpha value is -3.49. The van der Waals surface area contributed by atoms with Gasteiger partial charge in [0, 0.05) is 18.3 Å². The molecule has 2 aromatic carbocycles. The molecule has 3 aromatic rings. The fourth-order valence-corrected chi connectivity index (χ4v) is 3.53. The van der Waals surface area contributed by atoms with E-state index in [4.69, 9.17) is 6.57 Å². The van der Waals surface area contributed by atoms with Gasteiger partial charge in [-0.15, -0.1) is 0 Å². The van der Waals surface area contributed by atoms with Crippen LogP contribution in [0.1, 0.15) is 22.4 Å². The first-order chi connectivity index (χ1) is 13.6. The average Bonchev–Trinajstić information content (AvgIpc) is 3.03. The van der Waals surface area contributed by atoms with E-state index >= 15 is 0 Å². The summed E-state index contributed by atoms with van der Waals surface area (Å²) in [6, 6.07) is 15.2. The highest BCUT2D eigenvalue weighted by atomic mass is 16.3. The highest BCUT2D eigenvalue weighted by Gasteiger charge is 2.29. The van der Waals surface area contributed by atoms with Crippen LogP contribution in [0.5, 0.6) is 0 Å². The Bertz CT molecular complexity index is 1120. The van der Waals surface area contributed by atoms with Gasteiger partial charge in [0.25, 0.3) is 0 Å². The van der Waals surface area contributed by atoms with Crippen LogP contribution in [0.25, 0.3) is 16.0 Å². The van der Waals surface area contributed by atoms with Gasteiger partial charge in [0.2, 0.25) is 5.91 Å². The topological polar surface area (TPSA) is 57.8 Å². The lowest BCUT2D eigenvalue weighted by atomic mass is 10.0. The van der Waals surface area contributed by atoms with Gasteiger partial charge < -0.3 is 10.0 Å². The van der Waals surface area contributed by atoms with Gasteiger partial charge in [-0.25, -0.2) is 4.85 Å². The summed E-state index contributed by atoms with van der Waals surface area (Å²) in [4.78, 5) is 22.4. The fourth-order valence-electron chi connectivity index (χ4n) is 3.53. The molecule has 0 radical (unpaired) electrons. The fraction of sp³-hybridized carbons (Fsp3) is 0.174. The van der Waals surface area contributed by atoms with Crippen molar-refractivity contribution in [2.24, 2.45) is 0 Å². The minimum atomic E-state index is -0.00811. The number of amides is 1. The minimum Gasteiger partial charge on any atom is -0.392 e. The van der Waals surface area contributed by atoms with E-state index in [0.717, 1.165) is 39.2 Å². The predicted octanol–water partition coefficient (Wildman–Crippen LogP) is 4.19. The zero-order valence-electron chi connectivity index (χ0n) is 15.5. The van der Waals surface area contributed by atoms with Crippen LogP contribution in [-0.4, -0.2) is 16.0 Å². The van der Waals surface area contributed by atoms with Crippen molar-refractivity contribution < 1.29 is 9.90 Å². The molecule has 5 nitrogen and oxygen atoms in total. The number of aliphatic hydroxyl groups is 1. The van der Waals surface area contributed by atoms with Crippen molar-refractivity contribution in [3.05, 3.63) is 88.5 Å². The van der Waals surface area contributed by atoms with Crippen molar-refractivity contribution >= 4 is 17.3 Å². The van der Waals surface area contributed by atoms with Crippen LogP contribution in [-0.2, 0) is 24.4 Å². The summed E-state index contributed by atoms with van der Waals surface area (Å²) in [5.74, 6) is -0.00811. The zero-order chi connectivity index (χ0) is 19.7. The third-order valence-corrected chi connectivity index (χ3v) is 5.14. The van der Waals surface area contributed by atoms with E-state index in [-0.39, 0.29) is 18.9 Å². The summed E-state index contributed by atoms with van der Waals surface area (Å²) in [6.07, 6.45) is 2.06. The largest absolute Gasteiger partial charge is 0.392 e. The molecule has 1 N–H and O–H groups in total. The van der Waals surface area contributed by atoms with Crippen LogP contribution in [0.4, 0.5) is 11.4 Å². The van der Waals surface area contributed by atoms with Gasteiger partial charge in [-0.1, -0.05) is 42.5 Å². The molecule has 28 heavy (non-hydrogen) atoms. The Balaban J connectivity index is 1.71. The molecule has 4 rings (SSSR count). The molecular formula is C23H19N3O2. The number of hydrogen-bond acceptors (Lipinski definition) is 3. The monoisotopic (exact) mass is 369 g/mol. The average molecular weight is 369 g/mol. The van der Waals surface area contributed by atoms with Crippen LogP contribution in [0.2, 0.25) is 0 Å². The Morgan fingerprint density at radius 3 is 2.71 bits per heavy atom. The molecule has 1 aromatic heterocycles. The first kappa shape index (κ1) is 17.9. The van der Waals surface area contributed by atoms with Crippen molar-refractivity contribution in [3.8, 4) is 11.1 Å².